The Morgan fingerprint density at radius 1 is 1.32 bits per heavy atom. The van der Waals surface area contributed by atoms with Crippen LogP contribution in [-0.4, -0.2) is 14.7 Å². The maximum Gasteiger partial charge on any atom is 0.421 e. The predicted molar refractivity (Wildman–Crippen MR) is 72.4 cm³/mol. The van der Waals surface area contributed by atoms with Crippen molar-refractivity contribution in [1.29, 1.82) is 0 Å². The lowest BCUT2D eigenvalue weighted by atomic mass is 10.2. The highest BCUT2D eigenvalue weighted by Crippen LogP contribution is 2.26. The summed E-state index contributed by atoms with van der Waals surface area (Å²) in [6.45, 7) is -0.222. The first kappa shape index (κ1) is 14.5. The molecule has 5 nitrogen and oxygen atoms in total. The molecule has 0 radical (unpaired) electrons. The summed E-state index contributed by atoms with van der Waals surface area (Å²) in [7, 11) is 0. The number of hydrogen-bond acceptors (Lipinski definition) is 5. The maximum absolute atomic E-state index is 12.7. The Labute approximate surface area is 125 Å². The fraction of sp³-hybridized carbons (Fsp3) is 0.154. The van der Waals surface area contributed by atoms with Gasteiger partial charge >= 0.3 is 6.18 Å². The molecule has 114 valence electrons. The number of pyridine rings is 1. The molecule has 0 bridgehead atoms. The SMILES string of the molecule is O=c1c(C(F)(F)F)cccn1Cc1nc(-c2ccsc2)no1. The largest absolute Gasteiger partial charge is 0.421 e. The van der Waals surface area contributed by atoms with Crippen molar-refractivity contribution in [3.05, 3.63) is 57.0 Å². The maximum atomic E-state index is 12.7. The summed E-state index contributed by atoms with van der Waals surface area (Å²) in [6, 6.07) is 3.68. The van der Waals surface area contributed by atoms with E-state index < -0.39 is 17.3 Å². The molecule has 3 heterocycles. The Balaban J connectivity index is 1.90. The van der Waals surface area contributed by atoms with E-state index in [1.807, 2.05) is 10.8 Å². The first-order chi connectivity index (χ1) is 10.4. The van der Waals surface area contributed by atoms with Gasteiger partial charge in [0.25, 0.3) is 5.56 Å². The van der Waals surface area contributed by atoms with E-state index in [-0.39, 0.29) is 12.4 Å². The summed E-state index contributed by atoms with van der Waals surface area (Å²) in [5, 5.41) is 7.39. The zero-order chi connectivity index (χ0) is 15.7. The molecule has 0 fully saturated rings. The van der Waals surface area contributed by atoms with Crippen LogP contribution < -0.4 is 5.56 Å². The van der Waals surface area contributed by atoms with Crippen LogP contribution in [0.2, 0.25) is 0 Å². The molecule has 9 heteroatoms. The first-order valence-electron chi connectivity index (χ1n) is 6.07. The average molecular weight is 327 g/mol. The lowest BCUT2D eigenvalue weighted by molar-refractivity contribution is -0.139. The van der Waals surface area contributed by atoms with Crippen LogP contribution in [0.3, 0.4) is 0 Å². The molecule has 3 aromatic rings. The van der Waals surface area contributed by atoms with Crippen LogP contribution in [0.25, 0.3) is 11.4 Å². The highest BCUT2D eigenvalue weighted by atomic mass is 32.1. The fourth-order valence-corrected chi connectivity index (χ4v) is 2.49. The molecule has 0 unspecified atom stereocenters. The van der Waals surface area contributed by atoms with Crippen molar-refractivity contribution >= 4 is 11.3 Å². The molecule has 0 aliphatic rings. The highest BCUT2D eigenvalue weighted by molar-refractivity contribution is 7.08. The van der Waals surface area contributed by atoms with E-state index in [9.17, 15) is 18.0 Å². The molecule has 22 heavy (non-hydrogen) atoms. The molecule has 3 aromatic heterocycles. The minimum absolute atomic E-state index is 0.0580. The summed E-state index contributed by atoms with van der Waals surface area (Å²) >= 11 is 1.45. The van der Waals surface area contributed by atoms with Crippen molar-refractivity contribution < 1.29 is 17.7 Å². The molecule has 0 amide bonds. The minimum Gasteiger partial charge on any atom is -0.337 e. The molecular formula is C13H8F3N3O2S. The van der Waals surface area contributed by atoms with Gasteiger partial charge in [-0.15, -0.1) is 0 Å². The van der Waals surface area contributed by atoms with Gasteiger partial charge in [-0.1, -0.05) is 5.16 Å². The molecule has 0 N–H and O–H groups in total. The molecule has 0 saturated carbocycles. The van der Waals surface area contributed by atoms with Gasteiger partial charge in [0.15, 0.2) is 0 Å². The van der Waals surface area contributed by atoms with Crippen LogP contribution in [0.5, 0.6) is 0 Å². The van der Waals surface area contributed by atoms with E-state index >= 15 is 0 Å². The Kier molecular flexibility index (Phi) is 3.57. The molecule has 0 aliphatic carbocycles. The average Bonchev–Trinajstić information content (AvgIpc) is 3.10. The molecule has 3 rings (SSSR count). The zero-order valence-electron chi connectivity index (χ0n) is 10.9. The lowest BCUT2D eigenvalue weighted by Crippen LogP contribution is -2.28. The lowest BCUT2D eigenvalue weighted by Gasteiger charge is -2.08. The number of hydrogen-bond donors (Lipinski definition) is 0. The van der Waals surface area contributed by atoms with Crippen molar-refractivity contribution in [2.24, 2.45) is 0 Å². The van der Waals surface area contributed by atoms with E-state index in [1.54, 1.807) is 6.07 Å². The van der Waals surface area contributed by atoms with Crippen LogP contribution >= 0.6 is 11.3 Å². The molecular weight excluding hydrogens is 319 g/mol. The summed E-state index contributed by atoms with van der Waals surface area (Å²) < 4.78 is 43.9. The van der Waals surface area contributed by atoms with Crippen LogP contribution in [-0.2, 0) is 12.7 Å². The Morgan fingerprint density at radius 2 is 2.14 bits per heavy atom. The van der Waals surface area contributed by atoms with Gasteiger partial charge in [-0.05, 0) is 23.6 Å². The van der Waals surface area contributed by atoms with Crippen LogP contribution in [0, 0.1) is 0 Å². The molecule has 0 aromatic carbocycles. The van der Waals surface area contributed by atoms with E-state index in [0.717, 1.165) is 22.3 Å². The van der Waals surface area contributed by atoms with Gasteiger partial charge in [0, 0.05) is 17.1 Å². The van der Waals surface area contributed by atoms with Gasteiger partial charge in [0.05, 0.1) is 0 Å². The Hall–Kier alpha value is -2.42. The van der Waals surface area contributed by atoms with Crippen molar-refractivity contribution in [3.63, 3.8) is 0 Å². The Morgan fingerprint density at radius 3 is 2.82 bits per heavy atom. The fourth-order valence-electron chi connectivity index (χ4n) is 1.85. The second kappa shape index (κ2) is 5.41. The van der Waals surface area contributed by atoms with E-state index in [4.69, 9.17) is 4.52 Å². The highest BCUT2D eigenvalue weighted by Gasteiger charge is 2.34. The molecule has 0 saturated heterocycles. The zero-order valence-corrected chi connectivity index (χ0v) is 11.7. The normalized spacial score (nSPS) is 11.8. The van der Waals surface area contributed by atoms with Crippen LogP contribution in [0.4, 0.5) is 13.2 Å². The summed E-state index contributed by atoms with van der Waals surface area (Å²) in [4.78, 5) is 15.9. The monoisotopic (exact) mass is 327 g/mol. The third-order valence-corrected chi connectivity index (χ3v) is 3.56. The van der Waals surface area contributed by atoms with Crippen molar-refractivity contribution in [1.82, 2.24) is 14.7 Å². The first-order valence-corrected chi connectivity index (χ1v) is 7.01. The molecule has 0 spiro atoms. The number of nitrogens with zero attached hydrogens (tertiary/aromatic N) is 3. The smallest absolute Gasteiger partial charge is 0.337 e. The van der Waals surface area contributed by atoms with Crippen LogP contribution in [0.15, 0.2) is 44.5 Å². The van der Waals surface area contributed by atoms with Crippen molar-refractivity contribution in [2.75, 3.05) is 0 Å². The number of rotatable bonds is 3. The van der Waals surface area contributed by atoms with Crippen molar-refractivity contribution in [2.45, 2.75) is 12.7 Å². The van der Waals surface area contributed by atoms with E-state index in [0.29, 0.717) is 5.82 Å². The van der Waals surface area contributed by atoms with E-state index in [2.05, 4.69) is 10.1 Å². The van der Waals surface area contributed by atoms with E-state index in [1.165, 1.54) is 17.5 Å². The van der Waals surface area contributed by atoms with Crippen LogP contribution in [0.1, 0.15) is 11.5 Å². The van der Waals surface area contributed by atoms with Gasteiger partial charge in [-0.25, -0.2) is 0 Å². The number of thiophene rings is 1. The van der Waals surface area contributed by atoms with Gasteiger partial charge in [-0.3, -0.25) is 4.79 Å². The van der Waals surface area contributed by atoms with Gasteiger partial charge in [0.1, 0.15) is 12.1 Å². The number of halogens is 3. The third-order valence-electron chi connectivity index (χ3n) is 2.88. The van der Waals surface area contributed by atoms with Gasteiger partial charge < -0.3 is 9.09 Å². The van der Waals surface area contributed by atoms with Gasteiger partial charge in [0.2, 0.25) is 11.7 Å². The second-order valence-electron chi connectivity index (χ2n) is 4.38. The standard InChI is InChI=1S/C13H8F3N3O2S/c14-13(15,16)9-2-1-4-19(12(9)20)6-10-17-11(18-21-10)8-3-5-22-7-8/h1-5,7H,6H2. The topological polar surface area (TPSA) is 60.9 Å². The predicted octanol–water partition coefficient (Wildman–Crippen LogP) is 3.03. The molecule has 0 aliphatic heterocycles. The summed E-state index contributed by atoms with van der Waals surface area (Å²) in [5.74, 6) is 0.388. The number of alkyl halides is 3. The Bertz CT molecular complexity index is 837. The summed E-state index contributed by atoms with van der Waals surface area (Å²) in [5.41, 5.74) is -1.63. The second-order valence-corrected chi connectivity index (χ2v) is 5.16. The third kappa shape index (κ3) is 2.80. The quantitative estimate of drug-likeness (QED) is 0.742. The minimum atomic E-state index is -4.70. The van der Waals surface area contributed by atoms with Crippen molar-refractivity contribution in [3.8, 4) is 11.4 Å². The van der Waals surface area contributed by atoms with Gasteiger partial charge in [-0.2, -0.15) is 29.5 Å². The molecule has 0 atom stereocenters. The number of aromatic nitrogens is 3. The summed E-state index contributed by atoms with van der Waals surface area (Å²) in [6.07, 6.45) is -3.46.